The summed E-state index contributed by atoms with van der Waals surface area (Å²) in [5.74, 6) is 0. The fourth-order valence-electron chi connectivity index (χ4n) is 1.95. The van der Waals surface area contributed by atoms with Crippen LogP contribution in [0, 0.1) is 0 Å². The van der Waals surface area contributed by atoms with E-state index >= 15 is 0 Å². The molecule has 0 aromatic carbocycles. The molecule has 2 N–H and O–H groups in total. The third-order valence-corrected chi connectivity index (χ3v) is 2.96. The Bertz CT molecular complexity index is 233. The standard InChI is InChI=1S/C13H25N3/c1-3-4-5-6-7-8-9-13-15-10-11-16(13)12(2)14/h7-8,10,12-13H,3-6,9,11,14H2,1-2H3/b8-7+. The highest BCUT2D eigenvalue weighted by Crippen LogP contribution is 2.13. The predicted octanol–water partition coefficient (Wildman–Crippen LogP) is 2.53. The van der Waals surface area contributed by atoms with Crippen molar-refractivity contribution in [2.75, 3.05) is 6.54 Å². The van der Waals surface area contributed by atoms with Crippen LogP contribution in [0.1, 0.15) is 46.0 Å². The maximum absolute atomic E-state index is 5.88. The van der Waals surface area contributed by atoms with Gasteiger partial charge in [-0.25, -0.2) is 0 Å². The molecule has 1 heterocycles. The second-order valence-corrected chi connectivity index (χ2v) is 4.45. The Balaban J connectivity index is 2.18. The summed E-state index contributed by atoms with van der Waals surface area (Å²) in [6.45, 7) is 5.15. The summed E-state index contributed by atoms with van der Waals surface area (Å²) >= 11 is 0. The van der Waals surface area contributed by atoms with Gasteiger partial charge in [-0.2, -0.15) is 0 Å². The van der Waals surface area contributed by atoms with Gasteiger partial charge in [-0.1, -0.05) is 31.9 Å². The van der Waals surface area contributed by atoms with Gasteiger partial charge in [0.15, 0.2) is 0 Å². The molecule has 0 saturated heterocycles. The summed E-state index contributed by atoms with van der Waals surface area (Å²) in [4.78, 5) is 6.66. The Hall–Kier alpha value is -0.670. The Morgan fingerprint density at radius 3 is 3.00 bits per heavy atom. The summed E-state index contributed by atoms with van der Waals surface area (Å²) in [5, 5.41) is 0. The fourth-order valence-corrected chi connectivity index (χ4v) is 1.95. The van der Waals surface area contributed by atoms with E-state index in [0.29, 0.717) is 0 Å². The minimum Gasteiger partial charge on any atom is -0.316 e. The molecule has 16 heavy (non-hydrogen) atoms. The van der Waals surface area contributed by atoms with Crippen LogP contribution in [-0.2, 0) is 0 Å². The molecule has 0 bridgehead atoms. The average molecular weight is 223 g/mol. The third kappa shape index (κ3) is 4.45. The van der Waals surface area contributed by atoms with Crippen LogP contribution in [0.15, 0.2) is 17.1 Å². The van der Waals surface area contributed by atoms with Crippen molar-refractivity contribution in [1.29, 1.82) is 0 Å². The van der Waals surface area contributed by atoms with E-state index in [2.05, 4.69) is 29.0 Å². The number of allylic oxidation sites excluding steroid dienone is 1. The first-order valence-electron chi connectivity index (χ1n) is 6.43. The van der Waals surface area contributed by atoms with Crippen LogP contribution in [0.3, 0.4) is 0 Å². The molecule has 2 unspecified atom stereocenters. The molecule has 0 fully saturated rings. The molecule has 0 aromatic rings. The molecule has 2 atom stereocenters. The quantitative estimate of drug-likeness (QED) is 0.532. The van der Waals surface area contributed by atoms with Crippen LogP contribution in [-0.4, -0.2) is 30.0 Å². The van der Waals surface area contributed by atoms with Gasteiger partial charge in [-0.3, -0.25) is 9.89 Å². The van der Waals surface area contributed by atoms with Crippen molar-refractivity contribution in [3.63, 3.8) is 0 Å². The topological polar surface area (TPSA) is 41.6 Å². The van der Waals surface area contributed by atoms with E-state index in [9.17, 15) is 0 Å². The van der Waals surface area contributed by atoms with Crippen LogP contribution < -0.4 is 5.73 Å². The molecule has 3 heteroatoms. The van der Waals surface area contributed by atoms with E-state index in [-0.39, 0.29) is 12.3 Å². The van der Waals surface area contributed by atoms with Crippen molar-refractivity contribution in [1.82, 2.24) is 4.90 Å². The zero-order valence-electron chi connectivity index (χ0n) is 10.6. The molecule has 92 valence electrons. The molecule has 1 rings (SSSR count). The lowest BCUT2D eigenvalue weighted by atomic mass is 10.2. The van der Waals surface area contributed by atoms with E-state index in [1.807, 2.05) is 13.1 Å². The van der Waals surface area contributed by atoms with Crippen molar-refractivity contribution in [2.24, 2.45) is 10.7 Å². The SMILES string of the molecule is CCCCC/C=C/CC1N=CCN1C(C)N. The number of nitrogens with zero attached hydrogens (tertiary/aromatic N) is 2. The number of hydrogen-bond acceptors (Lipinski definition) is 3. The normalized spacial score (nSPS) is 23.3. The number of unbranched alkanes of at least 4 members (excludes halogenated alkanes) is 3. The summed E-state index contributed by atoms with van der Waals surface area (Å²) in [6.07, 6.45) is 13.0. The summed E-state index contributed by atoms with van der Waals surface area (Å²) in [6, 6.07) is 0. The van der Waals surface area contributed by atoms with Gasteiger partial charge in [0.1, 0.15) is 6.17 Å². The summed E-state index contributed by atoms with van der Waals surface area (Å²) in [5.41, 5.74) is 5.88. The van der Waals surface area contributed by atoms with Crippen molar-refractivity contribution < 1.29 is 0 Å². The molecule has 3 nitrogen and oxygen atoms in total. The first-order chi connectivity index (χ1) is 7.75. The summed E-state index contributed by atoms with van der Waals surface area (Å²) < 4.78 is 0. The van der Waals surface area contributed by atoms with Crippen LogP contribution >= 0.6 is 0 Å². The fraction of sp³-hybridized carbons (Fsp3) is 0.769. The average Bonchev–Trinajstić information content (AvgIpc) is 2.71. The predicted molar refractivity (Wildman–Crippen MR) is 70.5 cm³/mol. The van der Waals surface area contributed by atoms with Crippen LogP contribution in [0.2, 0.25) is 0 Å². The molecule has 0 amide bonds. The molecule has 1 aliphatic heterocycles. The molecule has 0 aromatic heterocycles. The first-order valence-corrected chi connectivity index (χ1v) is 6.43. The van der Waals surface area contributed by atoms with Crippen molar-refractivity contribution in [3.8, 4) is 0 Å². The molecular weight excluding hydrogens is 198 g/mol. The van der Waals surface area contributed by atoms with Crippen molar-refractivity contribution in [2.45, 2.75) is 58.3 Å². The molecule has 1 aliphatic rings. The minimum atomic E-state index is 0.0981. The van der Waals surface area contributed by atoms with Crippen molar-refractivity contribution in [3.05, 3.63) is 12.2 Å². The van der Waals surface area contributed by atoms with Gasteiger partial charge in [-0.05, 0) is 19.8 Å². The maximum atomic E-state index is 5.88. The second kappa shape index (κ2) is 7.58. The van der Waals surface area contributed by atoms with E-state index in [1.165, 1.54) is 25.7 Å². The van der Waals surface area contributed by atoms with Gasteiger partial charge in [0.2, 0.25) is 0 Å². The van der Waals surface area contributed by atoms with Crippen molar-refractivity contribution >= 4 is 6.21 Å². The minimum absolute atomic E-state index is 0.0981. The monoisotopic (exact) mass is 223 g/mol. The Kier molecular flexibility index (Phi) is 6.34. The highest BCUT2D eigenvalue weighted by molar-refractivity contribution is 5.62. The third-order valence-electron chi connectivity index (χ3n) is 2.96. The highest BCUT2D eigenvalue weighted by atomic mass is 15.3. The van der Waals surface area contributed by atoms with E-state index in [1.54, 1.807) is 0 Å². The lowest BCUT2D eigenvalue weighted by Crippen LogP contribution is -2.43. The van der Waals surface area contributed by atoms with Crippen LogP contribution in [0.5, 0.6) is 0 Å². The van der Waals surface area contributed by atoms with Crippen LogP contribution in [0.25, 0.3) is 0 Å². The van der Waals surface area contributed by atoms with Gasteiger partial charge in [0.25, 0.3) is 0 Å². The van der Waals surface area contributed by atoms with Gasteiger partial charge >= 0.3 is 0 Å². The van der Waals surface area contributed by atoms with Gasteiger partial charge in [-0.15, -0.1) is 0 Å². The van der Waals surface area contributed by atoms with Gasteiger partial charge in [0.05, 0.1) is 6.17 Å². The van der Waals surface area contributed by atoms with Crippen LogP contribution in [0.4, 0.5) is 0 Å². The van der Waals surface area contributed by atoms with E-state index < -0.39 is 0 Å². The van der Waals surface area contributed by atoms with Gasteiger partial charge < -0.3 is 5.73 Å². The largest absolute Gasteiger partial charge is 0.316 e. The lowest BCUT2D eigenvalue weighted by molar-refractivity contribution is 0.194. The molecule has 0 saturated carbocycles. The Labute approximate surface area is 99.4 Å². The zero-order valence-corrected chi connectivity index (χ0v) is 10.6. The Morgan fingerprint density at radius 2 is 2.31 bits per heavy atom. The molecule has 0 radical (unpaired) electrons. The smallest absolute Gasteiger partial charge is 0.107 e. The second-order valence-electron chi connectivity index (χ2n) is 4.45. The lowest BCUT2D eigenvalue weighted by Gasteiger charge is -2.25. The first kappa shape index (κ1) is 13.4. The molecule has 0 spiro atoms. The maximum Gasteiger partial charge on any atom is 0.107 e. The summed E-state index contributed by atoms with van der Waals surface area (Å²) in [7, 11) is 0. The van der Waals surface area contributed by atoms with E-state index in [0.717, 1.165) is 13.0 Å². The van der Waals surface area contributed by atoms with Gasteiger partial charge in [0, 0.05) is 19.2 Å². The number of aliphatic imine (C=N–C) groups is 1. The van der Waals surface area contributed by atoms with E-state index in [4.69, 9.17) is 5.73 Å². The zero-order chi connectivity index (χ0) is 11.8. The molecular formula is C13H25N3. The Morgan fingerprint density at radius 1 is 1.50 bits per heavy atom. The molecule has 0 aliphatic carbocycles. The highest BCUT2D eigenvalue weighted by Gasteiger charge is 2.22. The number of hydrogen-bond donors (Lipinski definition) is 1. The number of nitrogens with two attached hydrogens (primary N) is 1. The number of rotatable bonds is 7.